The number of carbonyl (C=O) groups is 2. The zero-order valence-corrected chi connectivity index (χ0v) is 17.4. The standard InChI is InChI=1S/C14H11NO2.C9H17NO2/c1-15-12-5-3-2-4-10(12)11-7-6-9(14(16)17)8-13(11)15;1-9(2,3)12-8(11)10-6-4-5-7-10/h2-8H,1H3,(H,16,17);4-7H2,1-3H3. The van der Waals surface area contributed by atoms with Crippen molar-refractivity contribution in [3.8, 4) is 0 Å². The molecule has 6 heteroatoms. The molecule has 1 aliphatic heterocycles. The summed E-state index contributed by atoms with van der Waals surface area (Å²) in [4.78, 5) is 24.1. The maximum Gasteiger partial charge on any atom is 0.410 e. The summed E-state index contributed by atoms with van der Waals surface area (Å²) in [6.45, 7) is 7.38. The molecular formula is C23H28N2O4. The highest BCUT2D eigenvalue weighted by Gasteiger charge is 2.23. The molecule has 1 fully saturated rings. The third kappa shape index (κ3) is 4.70. The fraction of sp³-hybridized carbons (Fsp3) is 0.391. The van der Waals surface area contributed by atoms with E-state index in [9.17, 15) is 9.59 Å². The van der Waals surface area contributed by atoms with Crippen molar-refractivity contribution >= 4 is 33.9 Å². The van der Waals surface area contributed by atoms with Gasteiger partial charge in [-0.25, -0.2) is 9.59 Å². The van der Waals surface area contributed by atoms with Gasteiger partial charge in [0.2, 0.25) is 0 Å². The van der Waals surface area contributed by atoms with Crippen molar-refractivity contribution in [1.82, 2.24) is 9.47 Å². The van der Waals surface area contributed by atoms with E-state index in [1.807, 2.05) is 56.7 Å². The molecule has 29 heavy (non-hydrogen) atoms. The molecule has 0 saturated carbocycles. The Balaban J connectivity index is 0.000000177. The minimum atomic E-state index is -0.892. The van der Waals surface area contributed by atoms with Crippen LogP contribution in [0.1, 0.15) is 44.0 Å². The maximum absolute atomic E-state index is 11.4. The number of hydrogen-bond donors (Lipinski definition) is 1. The van der Waals surface area contributed by atoms with Gasteiger partial charge in [0.25, 0.3) is 0 Å². The van der Waals surface area contributed by atoms with Crippen molar-refractivity contribution in [1.29, 1.82) is 0 Å². The van der Waals surface area contributed by atoms with Crippen LogP contribution in [0.15, 0.2) is 42.5 Å². The van der Waals surface area contributed by atoms with Crippen LogP contribution in [-0.4, -0.2) is 45.3 Å². The Morgan fingerprint density at radius 2 is 1.59 bits per heavy atom. The van der Waals surface area contributed by atoms with E-state index in [4.69, 9.17) is 9.84 Å². The number of rotatable bonds is 1. The number of benzene rings is 2. The smallest absolute Gasteiger partial charge is 0.410 e. The summed E-state index contributed by atoms with van der Waals surface area (Å²) >= 11 is 0. The largest absolute Gasteiger partial charge is 0.478 e. The second-order valence-electron chi connectivity index (χ2n) is 8.29. The number of carbonyl (C=O) groups excluding carboxylic acids is 1. The SMILES string of the molecule is CC(C)(C)OC(=O)N1CCCC1.Cn1c2ccccc2c2ccc(C(=O)O)cc21. The van der Waals surface area contributed by atoms with E-state index in [1.54, 1.807) is 17.0 Å². The van der Waals surface area contributed by atoms with Gasteiger partial charge in [0.1, 0.15) is 5.60 Å². The molecule has 0 atom stereocenters. The van der Waals surface area contributed by atoms with E-state index in [2.05, 4.69) is 6.07 Å². The molecule has 4 rings (SSSR count). The first-order chi connectivity index (χ1) is 13.7. The number of aromatic carboxylic acids is 1. The lowest BCUT2D eigenvalue weighted by atomic mass is 10.1. The van der Waals surface area contributed by atoms with Gasteiger partial charge >= 0.3 is 12.1 Å². The highest BCUT2D eigenvalue weighted by Crippen LogP contribution is 2.28. The number of aromatic nitrogens is 1. The summed E-state index contributed by atoms with van der Waals surface area (Å²) < 4.78 is 7.23. The summed E-state index contributed by atoms with van der Waals surface area (Å²) in [5.74, 6) is -0.892. The van der Waals surface area contributed by atoms with Crippen molar-refractivity contribution in [2.45, 2.75) is 39.2 Å². The summed E-state index contributed by atoms with van der Waals surface area (Å²) in [6, 6.07) is 13.3. The Kier molecular flexibility index (Phi) is 5.82. The molecule has 3 aromatic rings. The van der Waals surface area contributed by atoms with Crippen LogP contribution in [0.4, 0.5) is 4.79 Å². The number of hydrogen-bond acceptors (Lipinski definition) is 3. The number of likely N-dealkylation sites (tertiary alicyclic amines) is 1. The number of ether oxygens (including phenoxy) is 1. The fourth-order valence-electron chi connectivity index (χ4n) is 3.52. The van der Waals surface area contributed by atoms with Crippen LogP contribution < -0.4 is 0 Å². The first kappa shape index (κ1) is 20.7. The van der Waals surface area contributed by atoms with Crippen molar-refractivity contribution in [3.05, 3.63) is 48.0 Å². The third-order valence-electron chi connectivity index (χ3n) is 4.92. The van der Waals surface area contributed by atoms with Gasteiger partial charge in [0.05, 0.1) is 5.56 Å². The lowest BCUT2D eigenvalue weighted by Crippen LogP contribution is -2.34. The molecule has 0 aliphatic carbocycles. The maximum atomic E-state index is 11.4. The Labute approximate surface area is 170 Å². The first-order valence-electron chi connectivity index (χ1n) is 9.86. The van der Waals surface area contributed by atoms with Crippen LogP contribution in [0, 0.1) is 0 Å². The van der Waals surface area contributed by atoms with Gasteiger partial charge in [0.15, 0.2) is 0 Å². The summed E-state index contributed by atoms with van der Waals surface area (Å²) in [6.07, 6.45) is 2.05. The molecule has 1 N–H and O–H groups in total. The first-order valence-corrected chi connectivity index (χ1v) is 9.86. The molecule has 2 heterocycles. The van der Waals surface area contributed by atoms with E-state index in [0.29, 0.717) is 5.56 Å². The average molecular weight is 396 g/mol. The number of carboxylic acids is 1. The molecule has 1 aromatic heterocycles. The minimum Gasteiger partial charge on any atom is -0.478 e. The Hall–Kier alpha value is -3.02. The van der Waals surface area contributed by atoms with Gasteiger partial charge in [-0.05, 0) is 51.8 Å². The lowest BCUT2D eigenvalue weighted by Gasteiger charge is -2.23. The molecule has 0 spiro atoms. The van der Waals surface area contributed by atoms with Crippen LogP contribution in [0.25, 0.3) is 21.8 Å². The predicted molar refractivity (Wildman–Crippen MR) is 114 cm³/mol. The molecule has 1 saturated heterocycles. The van der Waals surface area contributed by atoms with Crippen LogP contribution in [0.2, 0.25) is 0 Å². The van der Waals surface area contributed by atoms with E-state index in [0.717, 1.165) is 47.7 Å². The van der Waals surface area contributed by atoms with Gasteiger partial charge in [-0.2, -0.15) is 0 Å². The Morgan fingerprint density at radius 1 is 0.966 bits per heavy atom. The van der Waals surface area contributed by atoms with E-state index in [-0.39, 0.29) is 11.7 Å². The van der Waals surface area contributed by atoms with Crippen molar-refractivity contribution in [3.63, 3.8) is 0 Å². The summed E-state index contributed by atoms with van der Waals surface area (Å²) in [5.41, 5.74) is 2.03. The highest BCUT2D eigenvalue weighted by atomic mass is 16.6. The molecule has 0 unspecified atom stereocenters. The molecule has 0 bridgehead atoms. The highest BCUT2D eigenvalue weighted by molar-refractivity contribution is 6.09. The summed E-state index contributed by atoms with van der Waals surface area (Å²) in [7, 11) is 1.95. The number of nitrogens with zero attached hydrogens (tertiary/aromatic N) is 2. The van der Waals surface area contributed by atoms with Crippen LogP contribution in [-0.2, 0) is 11.8 Å². The third-order valence-corrected chi connectivity index (χ3v) is 4.92. The number of aryl methyl sites for hydroxylation is 1. The normalized spacial score (nSPS) is 14.0. The van der Waals surface area contributed by atoms with Crippen molar-refractivity contribution < 1.29 is 19.4 Å². The fourth-order valence-corrected chi connectivity index (χ4v) is 3.52. The summed E-state index contributed by atoms with van der Waals surface area (Å²) in [5, 5.41) is 11.2. The topological polar surface area (TPSA) is 71.8 Å². The van der Waals surface area contributed by atoms with E-state index in [1.165, 1.54) is 0 Å². The lowest BCUT2D eigenvalue weighted by molar-refractivity contribution is 0.0295. The van der Waals surface area contributed by atoms with Crippen molar-refractivity contribution in [2.75, 3.05) is 13.1 Å². The van der Waals surface area contributed by atoms with Gasteiger partial charge in [-0.15, -0.1) is 0 Å². The van der Waals surface area contributed by atoms with Gasteiger partial charge < -0.3 is 19.3 Å². The van der Waals surface area contributed by atoms with E-state index < -0.39 is 5.97 Å². The van der Waals surface area contributed by atoms with E-state index >= 15 is 0 Å². The van der Waals surface area contributed by atoms with Crippen LogP contribution in [0.5, 0.6) is 0 Å². The molecule has 154 valence electrons. The number of amides is 1. The molecule has 2 aromatic carbocycles. The number of fused-ring (bicyclic) bond motifs is 3. The Bertz CT molecular complexity index is 1040. The number of carboxylic acid groups (broad SMARTS) is 1. The zero-order chi connectivity index (χ0) is 21.2. The zero-order valence-electron chi connectivity index (χ0n) is 17.4. The molecule has 0 radical (unpaired) electrons. The van der Waals surface area contributed by atoms with Gasteiger partial charge in [-0.1, -0.05) is 24.3 Å². The molecule has 6 nitrogen and oxygen atoms in total. The quantitative estimate of drug-likeness (QED) is 0.625. The molecule has 1 aliphatic rings. The second kappa shape index (κ2) is 8.15. The van der Waals surface area contributed by atoms with Gasteiger partial charge in [-0.3, -0.25) is 0 Å². The molecule has 1 amide bonds. The second-order valence-corrected chi connectivity index (χ2v) is 8.29. The van der Waals surface area contributed by atoms with Crippen molar-refractivity contribution in [2.24, 2.45) is 7.05 Å². The average Bonchev–Trinajstić information content (AvgIpc) is 3.29. The van der Waals surface area contributed by atoms with Crippen LogP contribution in [0.3, 0.4) is 0 Å². The predicted octanol–water partition coefficient (Wildman–Crippen LogP) is 5.05. The monoisotopic (exact) mass is 396 g/mol. The van der Waals surface area contributed by atoms with Crippen LogP contribution >= 0.6 is 0 Å². The minimum absolute atomic E-state index is 0.167. The van der Waals surface area contributed by atoms with Gasteiger partial charge in [0, 0.05) is 41.9 Å². The number of para-hydroxylation sites is 1. The molecular weight excluding hydrogens is 368 g/mol. The Morgan fingerprint density at radius 3 is 2.21 bits per heavy atom.